The highest BCUT2D eigenvalue weighted by molar-refractivity contribution is 6.33. The Morgan fingerprint density at radius 1 is 0.906 bits per heavy atom. The number of carboxylic acids is 1. The molecule has 0 aliphatic carbocycles. The Balaban J connectivity index is 1.19. The molecule has 3 heterocycles. The smallest absolute Gasteiger partial charge is 0.339 e. The van der Waals surface area contributed by atoms with E-state index in [1.807, 2.05) is 29.2 Å². The average molecular weight is 744 g/mol. The second-order valence-corrected chi connectivity index (χ2v) is 14.0. The molecule has 6 rings (SSSR count). The van der Waals surface area contributed by atoms with E-state index in [2.05, 4.69) is 35.9 Å². The molecule has 4 aromatic rings. The molecule has 1 atom stereocenters. The number of ether oxygens (including phenoxy) is 4. The van der Waals surface area contributed by atoms with Gasteiger partial charge in [-0.1, -0.05) is 41.9 Å². The van der Waals surface area contributed by atoms with E-state index in [9.17, 15) is 19.8 Å². The fourth-order valence-electron chi connectivity index (χ4n) is 7.06. The van der Waals surface area contributed by atoms with E-state index in [1.54, 1.807) is 18.3 Å². The van der Waals surface area contributed by atoms with Crippen molar-refractivity contribution in [1.29, 1.82) is 0 Å². The number of hydrogen-bond acceptors (Lipinski definition) is 10. The van der Waals surface area contributed by atoms with Crippen LogP contribution in [0, 0.1) is 13.8 Å². The quantitative estimate of drug-likeness (QED) is 0.106. The zero-order valence-corrected chi connectivity index (χ0v) is 31.2. The van der Waals surface area contributed by atoms with Gasteiger partial charge in [0.1, 0.15) is 30.5 Å². The number of nitrogens with zero attached hydrogens (tertiary/aromatic N) is 3. The molecule has 2 aliphatic rings. The fourth-order valence-corrected chi connectivity index (χ4v) is 7.38. The van der Waals surface area contributed by atoms with Gasteiger partial charge in [-0.05, 0) is 78.6 Å². The highest BCUT2D eigenvalue weighted by atomic mass is 35.5. The third kappa shape index (κ3) is 9.28. The highest BCUT2D eigenvalue weighted by Gasteiger charge is 2.27. The van der Waals surface area contributed by atoms with E-state index < -0.39 is 11.9 Å². The molecule has 1 aromatic heterocycles. The second kappa shape index (κ2) is 17.4. The number of aromatic nitrogens is 1. The summed E-state index contributed by atoms with van der Waals surface area (Å²) in [5.74, 6) is 0.440. The van der Waals surface area contributed by atoms with Gasteiger partial charge < -0.3 is 34.1 Å². The van der Waals surface area contributed by atoms with Gasteiger partial charge in [-0.3, -0.25) is 14.7 Å². The largest absolute Gasteiger partial charge is 0.493 e. The predicted octanol–water partition coefficient (Wildman–Crippen LogP) is 6.24. The monoisotopic (exact) mass is 743 g/mol. The minimum atomic E-state index is -0.908. The molecule has 1 unspecified atom stereocenters. The van der Waals surface area contributed by atoms with Crippen LogP contribution in [0.5, 0.6) is 17.2 Å². The second-order valence-electron chi connectivity index (χ2n) is 13.6. The van der Waals surface area contributed by atoms with Crippen molar-refractivity contribution < 1.29 is 38.7 Å². The van der Waals surface area contributed by atoms with Crippen LogP contribution in [0.4, 0.5) is 0 Å². The van der Waals surface area contributed by atoms with Crippen LogP contribution in [-0.2, 0) is 35.7 Å². The zero-order chi connectivity index (χ0) is 37.5. The van der Waals surface area contributed by atoms with Crippen LogP contribution < -0.4 is 14.2 Å². The number of rotatable bonds is 15. The maximum Gasteiger partial charge on any atom is 0.339 e. The zero-order valence-electron chi connectivity index (χ0n) is 30.4. The van der Waals surface area contributed by atoms with Crippen molar-refractivity contribution in [2.24, 2.45) is 0 Å². The first kappa shape index (κ1) is 38.1. The summed E-state index contributed by atoms with van der Waals surface area (Å²) in [4.78, 5) is 31.9. The molecule has 0 saturated carbocycles. The normalized spacial score (nSPS) is 15.9. The van der Waals surface area contributed by atoms with Crippen LogP contribution in [0.1, 0.15) is 56.6 Å². The molecule has 0 amide bonds. The molecule has 2 aliphatic heterocycles. The third-order valence-corrected chi connectivity index (χ3v) is 10.4. The van der Waals surface area contributed by atoms with Gasteiger partial charge in [0.15, 0.2) is 0 Å². The van der Waals surface area contributed by atoms with Crippen molar-refractivity contribution in [2.75, 3.05) is 46.4 Å². The third-order valence-electron chi connectivity index (χ3n) is 9.96. The summed E-state index contributed by atoms with van der Waals surface area (Å²) in [5.41, 5.74) is 7.95. The number of likely N-dealkylation sites (tertiary alicyclic amines) is 1. The lowest BCUT2D eigenvalue weighted by molar-refractivity contribution is -0.138. The number of carbonyl (C=O) groups is 2. The van der Waals surface area contributed by atoms with Crippen molar-refractivity contribution in [3.8, 4) is 28.4 Å². The number of halogens is 1. The molecule has 1 saturated heterocycles. The van der Waals surface area contributed by atoms with Crippen LogP contribution in [-0.4, -0.2) is 89.5 Å². The van der Waals surface area contributed by atoms with E-state index in [0.29, 0.717) is 53.8 Å². The Hall–Kier alpha value is -4.68. The van der Waals surface area contributed by atoms with Crippen molar-refractivity contribution in [1.82, 2.24) is 14.8 Å². The highest BCUT2D eigenvalue weighted by Crippen LogP contribution is 2.41. The van der Waals surface area contributed by atoms with Crippen molar-refractivity contribution in [2.45, 2.75) is 59.0 Å². The predicted molar refractivity (Wildman–Crippen MR) is 201 cm³/mol. The van der Waals surface area contributed by atoms with Crippen molar-refractivity contribution in [3.05, 3.63) is 105 Å². The number of pyridine rings is 1. The number of carbonyl (C=O) groups excluding carboxylic acids is 1. The van der Waals surface area contributed by atoms with Crippen molar-refractivity contribution >= 4 is 23.5 Å². The first-order valence-electron chi connectivity index (χ1n) is 17.9. The number of esters is 1. The SMILES string of the molecule is COC(=O)c1cncc(COc2cc(OCc3cccc(-c4cccc(OCCCN5CCC(O)C5)c4C)c3C)c(Cl)c3c2CN(CC(=O)O)CC3)c1. The number of benzene rings is 3. The summed E-state index contributed by atoms with van der Waals surface area (Å²) < 4.78 is 23.8. The number of aliphatic carboxylic acids is 1. The van der Waals surface area contributed by atoms with E-state index in [4.69, 9.17) is 30.5 Å². The average Bonchev–Trinajstić information content (AvgIpc) is 3.58. The van der Waals surface area contributed by atoms with E-state index >= 15 is 0 Å². The number of β-amino-alcohol motifs (C(OH)–C–C–N with tert-alkyl or cyclic N) is 1. The van der Waals surface area contributed by atoms with Gasteiger partial charge in [-0.15, -0.1) is 0 Å². The Labute approximate surface area is 315 Å². The molecule has 280 valence electrons. The number of aliphatic hydroxyl groups excluding tert-OH is 1. The van der Waals surface area contributed by atoms with Crippen LogP contribution in [0.2, 0.25) is 5.02 Å². The maximum absolute atomic E-state index is 12.1. The van der Waals surface area contributed by atoms with Gasteiger partial charge in [-0.2, -0.15) is 0 Å². The van der Waals surface area contributed by atoms with Crippen LogP contribution in [0.25, 0.3) is 11.1 Å². The summed E-state index contributed by atoms with van der Waals surface area (Å²) in [6.45, 7) is 8.49. The molecule has 3 aromatic carbocycles. The topological polar surface area (TPSA) is 131 Å². The van der Waals surface area contributed by atoms with Crippen molar-refractivity contribution in [3.63, 3.8) is 0 Å². The first-order valence-corrected chi connectivity index (χ1v) is 18.3. The van der Waals surface area contributed by atoms with E-state index in [1.165, 1.54) is 13.3 Å². The van der Waals surface area contributed by atoms with Gasteiger partial charge in [0.05, 0.1) is 37.0 Å². The Bertz CT molecular complexity index is 1950. The first-order chi connectivity index (χ1) is 25.6. The maximum atomic E-state index is 12.1. The standard InChI is InChI=1S/C41H46ClN3O8/c1-26-29(7-4-8-32(26)33-9-5-10-36(27(33)2)51-16-6-13-44-14-11-31(46)21-44)25-53-38-18-37(52-24-28-17-30(20-43-19-28)41(49)50-3)35-22-45(23-39(47)48)15-12-34(35)40(38)42/h4-5,7-10,17-20,31,46H,6,11-16,21-25H2,1-3H3,(H,47,48). The molecule has 2 N–H and O–H groups in total. The Kier molecular flexibility index (Phi) is 12.5. The lowest BCUT2D eigenvalue weighted by Crippen LogP contribution is -2.35. The van der Waals surface area contributed by atoms with E-state index in [0.717, 1.165) is 77.2 Å². The number of hydrogen-bond donors (Lipinski definition) is 2. The van der Waals surface area contributed by atoms with Crippen LogP contribution in [0.15, 0.2) is 60.9 Å². The lowest BCUT2D eigenvalue weighted by atomic mass is 9.93. The van der Waals surface area contributed by atoms with Crippen LogP contribution in [0.3, 0.4) is 0 Å². The summed E-state index contributed by atoms with van der Waals surface area (Å²) in [6.07, 6.45) is 5.09. The molecule has 1 fully saturated rings. The lowest BCUT2D eigenvalue weighted by Gasteiger charge is -2.30. The molecule has 53 heavy (non-hydrogen) atoms. The summed E-state index contributed by atoms with van der Waals surface area (Å²) in [6, 6.07) is 15.7. The van der Waals surface area contributed by atoms with E-state index in [-0.39, 0.29) is 25.9 Å². The van der Waals surface area contributed by atoms with Gasteiger partial charge in [0.25, 0.3) is 0 Å². The molecule has 0 bridgehead atoms. The molecular formula is C41H46ClN3O8. The number of carboxylic acid groups (broad SMARTS) is 1. The minimum Gasteiger partial charge on any atom is -0.493 e. The minimum absolute atomic E-state index is 0.103. The van der Waals surface area contributed by atoms with Crippen LogP contribution >= 0.6 is 11.6 Å². The molecule has 11 nitrogen and oxygen atoms in total. The molecular weight excluding hydrogens is 698 g/mol. The number of fused-ring (bicyclic) bond motifs is 1. The molecule has 0 radical (unpaired) electrons. The van der Waals surface area contributed by atoms with Gasteiger partial charge in [0.2, 0.25) is 0 Å². The van der Waals surface area contributed by atoms with Gasteiger partial charge >= 0.3 is 11.9 Å². The number of methoxy groups -OCH3 is 1. The summed E-state index contributed by atoms with van der Waals surface area (Å²) in [7, 11) is 1.31. The Morgan fingerprint density at radius 2 is 1.68 bits per heavy atom. The molecule has 12 heteroatoms. The number of aliphatic hydroxyl groups is 1. The van der Waals surface area contributed by atoms with Gasteiger partial charge in [-0.25, -0.2) is 4.79 Å². The summed E-state index contributed by atoms with van der Waals surface area (Å²) in [5, 5.41) is 19.7. The fraction of sp³-hybridized carbons (Fsp3) is 0.390. The Morgan fingerprint density at radius 3 is 2.43 bits per heavy atom. The summed E-state index contributed by atoms with van der Waals surface area (Å²) >= 11 is 7.00. The molecule has 0 spiro atoms. The van der Waals surface area contributed by atoms with Gasteiger partial charge in [0, 0.05) is 62.3 Å².